The number of hydrogen-bond donors (Lipinski definition) is 3. The van der Waals surface area contributed by atoms with Crippen LogP contribution in [0.5, 0.6) is 0 Å². The van der Waals surface area contributed by atoms with Gasteiger partial charge in [-0.05, 0) is 36.1 Å². The zero-order valence-electron chi connectivity index (χ0n) is 17.2. The maximum absolute atomic E-state index is 11.4. The second-order valence-corrected chi connectivity index (χ2v) is 8.51. The number of fused-ring (bicyclic) bond motifs is 2. The average Bonchev–Trinajstić information content (AvgIpc) is 3.21. The van der Waals surface area contributed by atoms with E-state index in [2.05, 4.69) is 15.2 Å². The van der Waals surface area contributed by atoms with Gasteiger partial charge in [-0.2, -0.15) is 0 Å². The van der Waals surface area contributed by atoms with Crippen LogP contribution in [0.15, 0.2) is 24.4 Å². The van der Waals surface area contributed by atoms with Gasteiger partial charge in [0, 0.05) is 44.1 Å². The molecule has 166 valence electrons. The number of piperidine rings is 1. The third-order valence-corrected chi connectivity index (χ3v) is 6.65. The predicted molar refractivity (Wildman–Crippen MR) is 115 cm³/mol. The summed E-state index contributed by atoms with van der Waals surface area (Å²) >= 11 is 1.38. The molecule has 0 unspecified atom stereocenters. The number of thiophene rings is 1. The Morgan fingerprint density at radius 2 is 2.06 bits per heavy atom. The van der Waals surface area contributed by atoms with Gasteiger partial charge in [0.25, 0.3) is 6.47 Å². The summed E-state index contributed by atoms with van der Waals surface area (Å²) in [5, 5.41) is 19.0. The quantitative estimate of drug-likeness (QED) is 0.609. The van der Waals surface area contributed by atoms with Crippen molar-refractivity contribution in [1.82, 2.24) is 10.3 Å². The number of carboxylic acid groups (broad SMARTS) is 2. The number of carbonyl (C=O) groups is 3. The van der Waals surface area contributed by atoms with Gasteiger partial charge in [-0.15, -0.1) is 11.3 Å². The second kappa shape index (κ2) is 9.88. The summed E-state index contributed by atoms with van der Waals surface area (Å²) in [6.07, 6.45) is 4.20. The molecule has 1 amide bonds. The number of aromatic nitrogens is 1. The van der Waals surface area contributed by atoms with Gasteiger partial charge in [-0.3, -0.25) is 9.59 Å². The molecule has 0 aromatic carbocycles. The fourth-order valence-electron chi connectivity index (χ4n) is 3.97. The molecule has 2 aliphatic heterocycles. The highest BCUT2D eigenvalue weighted by Crippen LogP contribution is 2.45. The Labute approximate surface area is 183 Å². The maximum Gasteiger partial charge on any atom is 0.345 e. The molecule has 4 rings (SSSR count). The van der Waals surface area contributed by atoms with Gasteiger partial charge in [0.15, 0.2) is 0 Å². The molecule has 31 heavy (non-hydrogen) atoms. The molecule has 0 radical (unpaired) electrons. The van der Waals surface area contributed by atoms with Crippen molar-refractivity contribution >= 4 is 35.5 Å². The predicted octanol–water partition coefficient (Wildman–Crippen LogP) is 2.25. The lowest BCUT2D eigenvalue weighted by Gasteiger charge is -2.44. The van der Waals surface area contributed by atoms with Crippen molar-refractivity contribution in [2.24, 2.45) is 0 Å². The van der Waals surface area contributed by atoms with E-state index in [0.717, 1.165) is 54.2 Å². The first-order valence-corrected chi connectivity index (χ1v) is 10.7. The van der Waals surface area contributed by atoms with Crippen LogP contribution in [-0.2, 0) is 32.9 Å². The van der Waals surface area contributed by atoms with Crippen molar-refractivity contribution in [1.29, 1.82) is 0 Å². The molecule has 0 bridgehead atoms. The third kappa shape index (κ3) is 5.20. The summed E-state index contributed by atoms with van der Waals surface area (Å²) < 4.78 is 6.21. The molecule has 2 aromatic rings. The summed E-state index contributed by atoms with van der Waals surface area (Å²) in [6.45, 7) is 3.97. The fourth-order valence-corrected chi connectivity index (χ4v) is 5.04. The number of carbonyl (C=O) groups excluding carboxylic acids is 1. The second-order valence-electron chi connectivity index (χ2n) is 7.37. The average molecular weight is 448 g/mol. The van der Waals surface area contributed by atoms with Crippen molar-refractivity contribution < 1.29 is 29.3 Å². The van der Waals surface area contributed by atoms with E-state index >= 15 is 0 Å². The number of aromatic carboxylic acids is 1. The number of ether oxygens (including phenoxy) is 1. The lowest BCUT2D eigenvalue weighted by Crippen LogP contribution is -2.46. The zero-order valence-corrected chi connectivity index (χ0v) is 18.0. The summed E-state index contributed by atoms with van der Waals surface area (Å²) in [6, 6.07) is 5.78. The van der Waals surface area contributed by atoms with Crippen LogP contribution >= 0.6 is 11.3 Å². The van der Waals surface area contributed by atoms with E-state index in [1.165, 1.54) is 18.3 Å². The van der Waals surface area contributed by atoms with E-state index in [-0.39, 0.29) is 18.0 Å². The molecule has 3 N–H and O–H groups in total. The first-order chi connectivity index (χ1) is 14.9. The minimum Gasteiger partial charge on any atom is -0.483 e. The fraction of sp³-hybridized carbons (Fsp3) is 0.429. The minimum atomic E-state index is -0.865. The standard InChI is InChI=1S/C20H23N3O4S.CH2O2/c1-13(24)21-11-14-2-3-18(22-12-14)23-7-5-20(6-8-23)15-10-17(19(25)26)28-16(15)4-9-27-20;2-1-3/h2-3,10,12H,4-9,11H2,1H3,(H,21,24)(H,25,26);1H,(H,2,3). The maximum atomic E-state index is 11.4. The molecule has 9 nitrogen and oxygen atoms in total. The van der Waals surface area contributed by atoms with E-state index in [0.29, 0.717) is 18.0 Å². The largest absolute Gasteiger partial charge is 0.483 e. The summed E-state index contributed by atoms with van der Waals surface area (Å²) in [5.41, 5.74) is 1.66. The van der Waals surface area contributed by atoms with Crippen LogP contribution in [0.3, 0.4) is 0 Å². The van der Waals surface area contributed by atoms with Gasteiger partial charge in [0.1, 0.15) is 10.7 Å². The van der Waals surface area contributed by atoms with Gasteiger partial charge in [-0.1, -0.05) is 6.07 Å². The van der Waals surface area contributed by atoms with Crippen molar-refractivity contribution in [2.45, 2.75) is 38.3 Å². The first-order valence-electron chi connectivity index (χ1n) is 9.91. The number of hydrogen-bond acceptors (Lipinski definition) is 7. The molecule has 0 aliphatic carbocycles. The topological polar surface area (TPSA) is 129 Å². The van der Waals surface area contributed by atoms with Crippen LogP contribution < -0.4 is 10.2 Å². The highest BCUT2D eigenvalue weighted by atomic mass is 32.1. The first kappa shape index (κ1) is 22.7. The molecule has 4 heterocycles. The van der Waals surface area contributed by atoms with Crippen LogP contribution in [0.25, 0.3) is 0 Å². The summed E-state index contributed by atoms with van der Waals surface area (Å²) in [5.74, 6) is -0.0127. The van der Waals surface area contributed by atoms with E-state index in [9.17, 15) is 14.7 Å². The number of nitrogens with zero attached hydrogens (tertiary/aromatic N) is 2. The van der Waals surface area contributed by atoms with Crippen LogP contribution in [0.2, 0.25) is 0 Å². The number of pyridine rings is 1. The van der Waals surface area contributed by atoms with Gasteiger partial charge in [0.05, 0.1) is 12.2 Å². The van der Waals surface area contributed by atoms with Crippen LogP contribution in [-0.4, -0.2) is 53.2 Å². The third-order valence-electron chi connectivity index (χ3n) is 5.46. The number of nitrogens with one attached hydrogen (secondary N) is 1. The monoisotopic (exact) mass is 447 g/mol. The molecule has 1 fully saturated rings. The Hall–Kier alpha value is -2.98. The normalized spacial score (nSPS) is 16.6. The Bertz CT molecular complexity index is 935. The lowest BCUT2D eigenvalue weighted by atomic mass is 9.82. The van der Waals surface area contributed by atoms with E-state index in [1.54, 1.807) is 6.20 Å². The lowest BCUT2D eigenvalue weighted by molar-refractivity contribution is -0.123. The highest BCUT2D eigenvalue weighted by Gasteiger charge is 2.42. The van der Waals surface area contributed by atoms with Crippen molar-refractivity contribution in [3.8, 4) is 0 Å². The number of amides is 1. The molecule has 1 spiro atoms. The van der Waals surface area contributed by atoms with Gasteiger partial charge < -0.3 is 25.2 Å². The number of rotatable bonds is 4. The number of anilines is 1. The van der Waals surface area contributed by atoms with Gasteiger partial charge in [-0.25, -0.2) is 9.78 Å². The van der Waals surface area contributed by atoms with Crippen LogP contribution in [0.4, 0.5) is 5.82 Å². The van der Waals surface area contributed by atoms with E-state index in [4.69, 9.17) is 14.6 Å². The molecule has 1 saturated heterocycles. The van der Waals surface area contributed by atoms with E-state index in [1.807, 2.05) is 18.2 Å². The zero-order chi connectivity index (χ0) is 22.4. The Morgan fingerprint density at radius 1 is 1.35 bits per heavy atom. The van der Waals surface area contributed by atoms with Crippen molar-refractivity contribution in [3.05, 3.63) is 45.3 Å². The summed E-state index contributed by atoms with van der Waals surface area (Å²) in [7, 11) is 0. The molecule has 0 saturated carbocycles. The van der Waals surface area contributed by atoms with Crippen molar-refractivity contribution in [3.63, 3.8) is 0 Å². The summed E-state index contributed by atoms with van der Waals surface area (Å²) in [4.78, 5) is 39.1. The molecule has 0 atom stereocenters. The Kier molecular flexibility index (Phi) is 7.24. The van der Waals surface area contributed by atoms with Crippen molar-refractivity contribution in [2.75, 3.05) is 24.6 Å². The molecule has 2 aliphatic rings. The SMILES string of the molecule is CC(=O)NCc1ccc(N2CCC3(CC2)OCCc2sc(C(=O)O)cc23)nc1.O=CO. The highest BCUT2D eigenvalue weighted by molar-refractivity contribution is 7.14. The van der Waals surface area contributed by atoms with Gasteiger partial charge >= 0.3 is 5.97 Å². The molecule has 10 heteroatoms. The van der Waals surface area contributed by atoms with Crippen LogP contribution in [0.1, 0.15) is 45.4 Å². The molecular formula is C21H25N3O6S. The van der Waals surface area contributed by atoms with Gasteiger partial charge in [0.2, 0.25) is 5.91 Å². The number of carboxylic acids is 1. The van der Waals surface area contributed by atoms with E-state index < -0.39 is 5.97 Å². The molecular weight excluding hydrogens is 422 g/mol. The minimum absolute atomic E-state index is 0.0586. The Morgan fingerprint density at radius 3 is 2.65 bits per heavy atom. The van der Waals surface area contributed by atoms with Crippen LogP contribution in [0, 0.1) is 0 Å². The smallest absolute Gasteiger partial charge is 0.345 e. The molecule has 2 aromatic heterocycles. The Balaban J connectivity index is 0.000000858.